The monoisotopic (exact) mass is 216 g/mol. The van der Waals surface area contributed by atoms with E-state index >= 15 is 0 Å². The minimum Gasteiger partial charge on any atom is -0.327 e. The van der Waals surface area contributed by atoms with E-state index in [4.69, 9.17) is 5.73 Å². The summed E-state index contributed by atoms with van der Waals surface area (Å²) in [5.41, 5.74) is 8.47. The van der Waals surface area contributed by atoms with Gasteiger partial charge in [0, 0.05) is 26.2 Å². The summed E-state index contributed by atoms with van der Waals surface area (Å²) >= 11 is 0. The summed E-state index contributed by atoms with van der Waals surface area (Å²) in [4.78, 5) is 2.49. The predicted octanol–water partition coefficient (Wildman–Crippen LogP) is 1.82. The fourth-order valence-corrected chi connectivity index (χ4v) is 2.07. The molecule has 0 unspecified atom stereocenters. The summed E-state index contributed by atoms with van der Waals surface area (Å²) in [7, 11) is 0. The zero-order chi connectivity index (χ0) is 11.2. The average molecular weight is 216 g/mol. The first kappa shape index (κ1) is 11.4. The minimum absolute atomic E-state index is 0.729. The van der Waals surface area contributed by atoms with Gasteiger partial charge >= 0.3 is 0 Å². The van der Waals surface area contributed by atoms with Crippen molar-refractivity contribution in [3.05, 3.63) is 47.5 Å². The molecule has 2 heteroatoms. The Hall–Kier alpha value is -1.12. The molecule has 0 fully saturated rings. The van der Waals surface area contributed by atoms with Crippen molar-refractivity contribution >= 4 is 0 Å². The summed E-state index contributed by atoms with van der Waals surface area (Å²) in [6.45, 7) is 4.11. The third-order valence-electron chi connectivity index (χ3n) is 3.21. The standard InChI is InChI=1S/C14H20N2/c15-12-14-7-10-16(11-8-14)9-6-13-4-2-1-3-5-13/h1-5,7H,6,8-12,15H2. The Balaban J connectivity index is 1.78. The van der Waals surface area contributed by atoms with Crippen LogP contribution in [0.1, 0.15) is 12.0 Å². The van der Waals surface area contributed by atoms with E-state index in [-0.39, 0.29) is 0 Å². The van der Waals surface area contributed by atoms with Gasteiger partial charge in [0.1, 0.15) is 0 Å². The normalized spacial score (nSPS) is 17.2. The molecule has 1 aromatic carbocycles. The van der Waals surface area contributed by atoms with Gasteiger partial charge in [0.2, 0.25) is 0 Å². The highest BCUT2D eigenvalue weighted by atomic mass is 15.1. The van der Waals surface area contributed by atoms with Gasteiger partial charge in [-0.15, -0.1) is 0 Å². The zero-order valence-corrected chi connectivity index (χ0v) is 9.73. The Morgan fingerprint density at radius 3 is 2.62 bits per heavy atom. The molecule has 86 valence electrons. The Bertz CT molecular complexity index is 343. The van der Waals surface area contributed by atoms with Crippen molar-refractivity contribution in [2.24, 2.45) is 5.73 Å². The first-order chi connectivity index (χ1) is 7.88. The Morgan fingerprint density at radius 1 is 1.19 bits per heavy atom. The maximum Gasteiger partial charge on any atom is 0.0166 e. The molecule has 1 aliphatic heterocycles. The smallest absolute Gasteiger partial charge is 0.0166 e. The van der Waals surface area contributed by atoms with Crippen LogP contribution in [0.3, 0.4) is 0 Å². The second-order valence-electron chi connectivity index (χ2n) is 4.35. The maximum absolute atomic E-state index is 5.63. The van der Waals surface area contributed by atoms with Crippen LogP contribution in [-0.4, -0.2) is 31.1 Å². The molecule has 0 bridgehead atoms. The highest BCUT2D eigenvalue weighted by Gasteiger charge is 2.09. The van der Waals surface area contributed by atoms with Gasteiger partial charge in [0.15, 0.2) is 0 Å². The van der Waals surface area contributed by atoms with Crippen molar-refractivity contribution in [1.29, 1.82) is 0 Å². The van der Waals surface area contributed by atoms with E-state index in [1.807, 2.05) is 0 Å². The quantitative estimate of drug-likeness (QED) is 0.778. The van der Waals surface area contributed by atoms with Gasteiger partial charge in [-0.2, -0.15) is 0 Å². The van der Waals surface area contributed by atoms with Crippen LogP contribution in [0, 0.1) is 0 Å². The molecule has 0 saturated carbocycles. The Labute approximate surface area is 97.8 Å². The highest BCUT2D eigenvalue weighted by Crippen LogP contribution is 2.10. The summed E-state index contributed by atoms with van der Waals surface area (Å²) < 4.78 is 0. The van der Waals surface area contributed by atoms with E-state index in [0.717, 1.165) is 39.0 Å². The topological polar surface area (TPSA) is 29.3 Å². The summed E-state index contributed by atoms with van der Waals surface area (Å²) in [6, 6.07) is 10.7. The number of hydrogen-bond acceptors (Lipinski definition) is 2. The predicted molar refractivity (Wildman–Crippen MR) is 68.3 cm³/mol. The summed E-state index contributed by atoms with van der Waals surface area (Å²) in [5, 5.41) is 0. The fourth-order valence-electron chi connectivity index (χ4n) is 2.07. The van der Waals surface area contributed by atoms with E-state index in [1.165, 1.54) is 11.1 Å². The third-order valence-corrected chi connectivity index (χ3v) is 3.21. The molecule has 0 aromatic heterocycles. The molecule has 1 aromatic rings. The summed E-state index contributed by atoms with van der Waals surface area (Å²) in [6.07, 6.45) is 4.58. The van der Waals surface area contributed by atoms with Crippen molar-refractivity contribution in [3.8, 4) is 0 Å². The molecule has 2 N–H and O–H groups in total. The second-order valence-corrected chi connectivity index (χ2v) is 4.35. The van der Waals surface area contributed by atoms with E-state index in [9.17, 15) is 0 Å². The first-order valence-electron chi connectivity index (χ1n) is 6.03. The van der Waals surface area contributed by atoms with Crippen molar-refractivity contribution in [1.82, 2.24) is 4.90 Å². The molecule has 1 aliphatic rings. The van der Waals surface area contributed by atoms with Crippen LogP contribution in [-0.2, 0) is 6.42 Å². The van der Waals surface area contributed by atoms with Crippen molar-refractivity contribution < 1.29 is 0 Å². The number of rotatable bonds is 4. The van der Waals surface area contributed by atoms with Gasteiger partial charge in [0.05, 0.1) is 0 Å². The Kier molecular flexibility index (Phi) is 4.14. The van der Waals surface area contributed by atoms with E-state index in [1.54, 1.807) is 0 Å². The lowest BCUT2D eigenvalue weighted by molar-refractivity contribution is 0.297. The van der Waals surface area contributed by atoms with Gasteiger partial charge in [0.25, 0.3) is 0 Å². The zero-order valence-electron chi connectivity index (χ0n) is 9.73. The number of nitrogens with zero attached hydrogens (tertiary/aromatic N) is 1. The van der Waals surface area contributed by atoms with Crippen LogP contribution in [0.25, 0.3) is 0 Å². The lowest BCUT2D eigenvalue weighted by Crippen LogP contribution is -2.31. The van der Waals surface area contributed by atoms with Gasteiger partial charge in [-0.25, -0.2) is 0 Å². The molecular formula is C14H20N2. The minimum atomic E-state index is 0.729. The SMILES string of the molecule is NCC1=CCN(CCc2ccccc2)CC1. The van der Waals surface area contributed by atoms with Gasteiger partial charge in [-0.3, -0.25) is 4.90 Å². The number of nitrogens with two attached hydrogens (primary N) is 1. The molecule has 0 radical (unpaired) electrons. The van der Waals surface area contributed by atoms with Crippen LogP contribution in [0.4, 0.5) is 0 Å². The van der Waals surface area contributed by atoms with E-state index in [0.29, 0.717) is 0 Å². The van der Waals surface area contributed by atoms with Crippen LogP contribution < -0.4 is 5.73 Å². The second kappa shape index (κ2) is 5.83. The molecular weight excluding hydrogens is 196 g/mol. The van der Waals surface area contributed by atoms with Gasteiger partial charge in [-0.1, -0.05) is 42.0 Å². The lowest BCUT2D eigenvalue weighted by Gasteiger charge is -2.25. The third kappa shape index (κ3) is 3.19. The largest absolute Gasteiger partial charge is 0.327 e. The average Bonchev–Trinajstić information content (AvgIpc) is 2.38. The molecule has 2 nitrogen and oxygen atoms in total. The van der Waals surface area contributed by atoms with E-state index < -0.39 is 0 Å². The molecule has 1 heterocycles. The molecule has 0 aliphatic carbocycles. The van der Waals surface area contributed by atoms with E-state index in [2.05, 4.69) is 41.3 Å². The molecule has 16 heavy (non-hydrogen) atoms. The van der Waals surface area contributed by atoms with Crippen LogP contribution in [0.15, 0.2) is 42.0 Å². The lowest BCUT2D eigenvalue weighted by atomic mass is 10.1. The van der Waals surface area contributed by atoms with Crippen LogP contribution >= 0.6 is 0 Å². The molecule has 0 atom stereocenters. The maximum atomic E-state index is 5.63. The number of hydrogen-bond donors (Lipinski definition) is 1. The number of benzene rings is 1. The van der Waals surface area contributed by atoms with Crippen molar-refractivity contribution in [2.75, 3.05) is 26.2 Å². The van der Waals surface area contributed by atoms with Crippen molar-refractivity contribution in [2.45, 2.75) is 12.8 Å². The molecule has 0 spiro atoms. The van der Waals surface area contributed by atoms with Crippen LogP contribution in [0.2, 0.25) is 0 Å². The Morgan fingerprint density at radius 2 is 2.00 bits per heavy atom. The molecule has 0 amide bonds. The summed E-state index contributed by atoms with van der Waals surface area (Å²) in [5.74, 6) is 0. The highest BCUT2D eigenvalue weighted by molar-refractivity contribution is 5.15. The molecule has 2 rings (SSSR count). The fraction of sp³-hybridized carbons (Fsp3) is 0.429. The van der Waals surface area contributed by atoms with Crippen LogP contribution in [0.5, 0.6) is 0 Å². The van der Waals surface area contributed by atoms with Gasteiger partial charge in [-0.05, 0) is 18.4 Å². The van der Waals surface area contributed by atoms with Gasteiger partial charge < -0.3 is 5.73 Å². The first-order valence-corrected chi connectivity index (χ1v) is 6.03. The van der Waals surface area contributed by atoms with Crippen molar-refractivity contribution in [3.63, 3.8) is 0 Å². The molecule has 0 saturated heterocycles.